The molecule has 2 fully saturated rings. The van der Waals surface area contributed by atoms with Crippen LogP contribution in [0.2, 0.25) is 0 Å². The molecule has 0 amide bonds. The van der Waals surface area contributed by atoms with E-state index in [-0.39, 0.29) is 17.9 Å². The molecule has 2 unspecified atom stereocenters. The highest BCUT2D eigenvalue weighted by molar-refractivity contribution is 5.39. The smallest absolute Gasteiger partial charge is 0.324 e. The molecule has 9 nitrogen and oxygen atoms in total. The van der Waals surface area contributed by atoms with E-state index in [0.29, 0.717) is 48.9 Å². The molecule has 2 atom stereocenters. The third kappa shape index (κ3) is 5.25. The van der Waals surface area contributed by atoms with Crippen LogP contribution in [0.5, 0.6) is 5.75 Å². The topological polar surface area (TPSA) is 106 Å². The molecule has 36 heavy (non-hydrogen) atoms. The minimum Gasteiger partial charge on any atom is -0.490 e. The van der Waals surface area contributed by atoms with Crippen molar-refractivity contribution in [3.8, 4) is 5.75 Å². The van der Waals surface area contributed by atoms with E-state index in [1.54, 1.807) is 12.4 Å². The minimum atomic E-state index is -0.601. The number of halogens is 2. The maximum Gasteiger partial charge on any atom is 0.324 e. The molecule has 2 aliphatic rings. The number of anilines is 2. The summed E-state index contributed by atoms with van der Waals surface area (Å²) in [7, 11) is 0. The van der Waals surface area contributed by atoms with Crippen LogP contribution >= 0.6 is 0 Å². The van der Waals surface area contributed by atoms with Crippen LogP contribution < -0.4 is 20.3 Å². The van der Waals surface area contributed by atoms with Gasteiger partial charge in [-0.1, -0.05) is 25.1 Å². The van der Waals surface area contributed by atoms with Crippen LogP contribution in [0.25, 0.3) is 0 Å². The highest BCUT2D eigenvalue weighted by Crippen LogP contribution is 2.31. The fourth-order valence-corrected chi connectivity index (χ4v) is 4.77. The van der Waals surface area contributed by atoms with Gasteiger partial charge in [-0.05, 0) is 30.4 Å². The molecule has 2 saturated heterocycles. The van der Waals surface area contributed by atoms with Gasteiger partial charge in [0.25, 0.3) is 0 Å². The molecule has 1 aromatic carbocycles. The Morgan fingerprint density at radius 2 is 1.86 bits per heavy atom. The van der Waals surface area contributed by atoms with Crippen molar-refractivity contribution in [2.45, 2.75) is 44.6 Å². The Kier molecular flexibility index (Phi) is 6.99. The summed E-state index contributed by atoms with van der Waals surface area (Å²) in [6.07, 6.45) is 5.23. The number of benzene rings is 1. The van der Waals surface area contributed by atoms with Crippen molar-refractivity contribution < 1.29 is 18.0 Å². The molecule has 0 spiro atoms. The Morgan fingerprint density at radius 3 is 2.53 bits per heavy atom. The zero-order valence-corrected chi connectivity index (χ0v) is 20.5. The zero-order valence-electron chi connectivity index (χ0n) is 20.5. The second kappa shape index (κ2) is 10.3. The number of rotatable bonds is 7. The highest BCUT2D eigenvalue weighted by Gasteiger charge is 2.34. The molecular weight excluding hydrogens is 468 g/mol. The summed E-state index contributed by atoms with van der Waals surface area (Å²) < 4.78 is 38.9. The Hall–Kier alpha value is -3.34. The van der Waals surface area contributed by atoms with Gasteiger partial charge in [0.15, 0.2) is 11.6 Å². The van der Waals surface area contributed by atoms with Gasteiger partial charge in [-0.15, -0.1) is 0 Å². The van der Waals surface area contributed by atoms with E-state index in [9.17, 15) is 8.78 Å². The van der Waals surface area contributed by atoms with Crippen LogP contribution in [0.1, 0.15) is 49.9 Å². The number of hydrogen-bond acceptors (Lipinski definition) is 9. The lowest BCUT2D eigenvalue weighted by atomic mass is 9.94. The molecular formula is C25H31F2N7O2. The van der Waals surface area contributed by atoms with E-state index in [2.05, 4.69) is 25.0 Å². The van der Waals surface area contributed by atoms with E-state index in [1.165, 1.54) is 12.1 Å². The number of nitrogens with zero attached hydrogens (tertiary/aromatic N) is 6. The van der Waals surface area contributed by atoms with Crippen LogP contribution in [0.3, 0.4) is 0 Å². The summed E-state index contributed by atoms with van der Waals surface area (Å²) in [6, 6.07) is 3.90. The number of piperidine rings is 1. The van der Waals surface area contributed by atoms with Gasteiger partial charge in [-0.25, -0.2) is 18.7 Å². The maximum absolute atomic E-state index is 14.3. The lowest BCUT2D eigenvalue weighted by Gasteiger charge is -2.30. The number of hydrogen-bond donors (Lipinski definition) is 1. The predicted molar refractivity (Wildman–Crippen MR) is 130 cm³/mol. The number of nitrogens with two attached hydrogens (primary N) is 1. The summed E-state index contributed by atoms with van der Waals surface area (Å²) in [5.41, 5.74) is 6.68. The molecule has 0 aliphatic carbocycles. The molecule has 0 radical (unpaired) electrons. The van der Waals surface area contributed by atoms with Gasteiger partial charge in [0.05, 0.1) is 19.0 Å². The molecule has 5 rings (SSSR count). The first-order chi connectivity index (χ1) is 17.4. The van der Waals surface area contributed by atoms with E-state index in [4.69, 9.17) is 15.0 Å². The molecule has 0 saturated carbocycles. The number of aromatic nitrogens is 4. The summed E-state index contributed by atoms with van der Waals surface area (Å²) >= 11 is 0. The van der Waals surface area contributed by atoms with Gasteiger partial charge in [0.2, 0.25) is 5.95 Å². The monoisotopic (exact) mass is 499 g/mol. The van der Waals surface area contributed by atoms with Crippen molar-refractivity contribution in [3.05, 3.63) is 53.6 Å². The average molecular weight is 500 g/mol. The van der Waals surface area contributed by atoms with Gasteiger partial charge in [0.1, 0.15) is 11.6 Å². The highest BCUT2D eigenvalue weighted by atomic mass is 19.1. The van der Waals surface area contributed by atoms with Crippen LogP contribution in [-0.2, 0) is 0 Å². The van der Waals surface area contributed by atoms with Crippen molar-refractivity contribution >= 4 is 12.0 Å². The van der Waals surface area contributed by atoms with Crippen molar-refractivity contribution in [2.75, 3.05) is 42.6 Å². The van der Waals surface area contributed by atoms with Crippen LogP contribution in [-0.4, -0.2) is 58.9 Å². The quantitative estimate of drug-likeness (QED) is 0.523. The standard InChI is InChI=1S/C25H31F2N7O2/c1-15(2)23-31-25(36-32-23)33-7-5-16(6-8-33)14-35-18-10-29-24(30-11-18)34-12-20(22(28)13-34)19-4-3-17(26)9-21(19)27/h3-4,9-11,15-16,20,22H,5-8,12-14,28H2,1-2H3. The fourth-order valence-electron chi connectivity index (χ4n) is 4.77. The Bertz CT molecular complexity index is 1170. The van der Waals surface area contributed by atoms with Gasteiger partial charge >= 0.3 is 6.01 Å². The van der Waals surface area contributed by atoms with Crippen molar-refractivity contribution in [3.63, 3.8) is 0 Å². The summed E-state index contributed by atoms with van der Waals surface area (Å²) in [5, 5.41) is 4.05. The van der Waals surface area contributed by atoms with E-state index in [1.807, 2.05) is 18.7 Å². The first-order valence-electron chi connectivity index (χ1n) is 12.4. The third-order valence-corrected chi connectivity index (χ3v) is 6.94. The van der Waals surface area contributed by atoms with Gasteiger partial charge < -0.3 is 24.8 Å². The molecule has 2 aliphatic heterocycles. The van der Waals surface area contributed by atoms with Gasteiger partial charge in [-0.2, -0.15) is 4.98 Å². The number of ether oxygens (including phenoxy) is 1. The van der Waals surface area contributed by atoms with Crippen molar-refractivity contribution in [1.82, 2.24) is 20.1 Å². The average Bonchev–Trinajstić information content (AvgIpc) is 3.51. The Labute approximate surface area is 208 Å². The minimum absolute atomic E-state index is 0.239. The lowest BCUT2D eigenvalue weighted by molar-refractivity contribution is 0.219. The van der Waals surface area contributed by atoms with E-state index < -0.39 is 11.6 Å². The Balaban J connectivity index is 1.11. The van der Waals surface area contributed by atoms with Gasteiger partial charge in [-0.3, -0.25) is 0 Å². The van der Waals surface area contributed by atoms with E-state index in [0.717, 1.165) is 37.8 Å². The van der Waals surface area contributed by atoms with E-state index >= 15 is 0 Å². The van der Waals surface area contributed by atoms with Crippen molar-refractivity contribution in [2.24, 2.45) is 11.7 Å². The first-order valence-corrected chi connectivity index (χ1v) is 12.4. The fraction of sp³-hybridized carbons (Fsp3) is 0.520. The molecule has 2 aromatic heterocycles. The van der Waals surface area contributed by atoms with Crippen LogP contribution in [0.4, 0.5) is 20.7 Å². The first kappa shape index (κ1) is 24.4. The van der Waals surface area contributed by atoms with Crippen molar-refractivity contribution in [1.29, 1.82) is 0 Å². The molecule has 2 N–H and O–H groups in total. The third-order valence-electron chi connectivity index (χ3n) is 6.94. The predicted octanol–water partition coefficient (Wildman–Crippen LogP) is 3.49. The summed E-state index contributed by atoms with van der Waals surface area (Å²) in [5.74, 6) is 1.05. The molecule has 4 heterocycles. The van der Waals surface area contributed by atoms with Crippen LogP contribution in [0, 0.1) is 17.6 Å². The second-order valence-corrected chi connectivity index (χ2v) is 9.89. The van der Waals surface area contributed by atoms with Gasteiger partial charge in [0, 0.05) is 50.1 Å². The lowest BCUT2D eigenvalue weighted by Crippen LogP contribution is -2.35. The molecule has 3 aromatic rings. The maximum atomic E-state index is 14.3. The second-order valence-electron chi connectivity index (χ2n) is 9.89. The molecule has 192 valence electrons. The summed E-state index contributed by atoms with van der Waals surface area (Å²) in [6.45, 7) is 7.29. The molecule has 0 bridgehead atoms. The summed E-state index contributed by atoms with van der Waals surface area (Å²) in [4.78, 5) is 17.4. The SMILES string of the molecule is CC(C)c1noc(N2CCC(COc3cnc(N4CC(N)C(c5ccc(F)cc5F)C4)nc3)CC2)n1. The van der Waals surface area contributed by atoms with Crippen LogP contribution in [0.15, 0.2) is 35.1 Å². The zero-order chi connectivity index (χ0) is 25.2. The molecule has 11 heteroatoms. The normalized spacial score (nSPS) is 20.9. The Morgan fingerprint density at radius 1 is 1.11 bits per heavy atom. The largest absolute Gasteiger partial charge is 0.490 e.